The summed E-state index contributed by atoms with van der Waals surface area (Å²) in [6, 6.07) is 14.8. The van der Waals surface area contributed by atoms with E-state index in [1.807, 2.05) is 44.2 Å². The number of benzene rings is 2. The number of hydrogen-bond donors (Lipinski definition) is 3. The fraction of sp³-hybridized carbons (Fsp3) is 0.333. The van der Waals surface area contributed by atoms with E-state index < -0.39 is 6.10 Å². The van der Waals surface area contributed by atoms with Gasteiger partial charge < -0.3 is 15.7 Å². The SMILES string of the molecule is CCCC(=O)Nc1cc(C(=O)NC[C@H](O)Cc2ccccc2)ccc1C. The molecule has 0 saturated heterocycles. The van der Waals surface area contributed by atoms with Gasteiger partial charge in [0.1, 0.15) is 0 Å². The third-order valence-electron chi connectivity index (χ3n) is 4.06. The van der Waals surface area contributed by atoms with E-state index in [9.17, 15) is 14.7 Å². The number of amides is 2. The van der Waals surface area contributed by atoms with Crippen LogP contribution in [0.5, 0.6) is 0 Å². The molecule has 5 heteroatoms. The van der Waals surface area contributed by atoms with E-state index in [1.54, 1.807) is 18.2 Å². The Kier molecular flexibility index (Phi) is 7.36. The molecule has 2 rings (SSSR count). The number of nitrogens with one attached hydrogen (secondary N) is 2. The Balaban J connectivity index is 1.93. The highest BCUT2D eigenvalue weighted by molar-refractivity contribution is 5.97. The van der Waals surface area contributed by atoms with Crippen molar-refractivity contribution in [3.05, 3.63) is 65.2 Å². The van der Waals surface area contributed by atoms with Crippen LogP contribution in [0.15, 0.2) is 48.5 Å². The molecule has 0 spiro atoms. The molecular formula is C21H26N2O3. The zero-order valence-electron chi connectivity index (χ0n) is 15.3. The maximum Gasteiger partial charge on any atom is 0.251 e. The van der Waals surface area contributed by atoms with Crippen molar-refractivity contribution in [2.45, 2.75) is 39.2 Å². The molecule has 5 nitrogen and oxygen atoms in total. The van der Waals surface area contributed by atoms with Gasteiger partial charge in [-0.2, -0.15) is 0 Å². The van der Waals surface area contributed by atoms with Gasteiger partial charge in [-0.25, -0.2) is 0 Å². The first-order chi connectivity index (χ1) is 12.5. The standard InChI is InChI=1S/C21H26N2O3/c1-3-7-20(25)23-19-13-17(11-10-15(19)2)21(26)22-14-18(24)12-16-8-5-4-6-9-16/h4-6,8-11,13,18,24H,3,7,12,14H2,1-2H3,(H,22,26)(H,23,25)/t18-/m1/s1. The van der Waals surface area contributed by atoms with Gasteiger partial charge in [0.25, 0.3) is 5.91 Å². The van der Waals surface area contributed by atoms with E-state index in [0.717, 1.165) is 17.5 Å². The van der Waals surface area contributed by atoms with E-state index >= 15 is 0 Å². The third-order valence-corrected chi connectivity index (χ3v) is 4.06. The molecule has 2 amide bonds. The lowest BCUT2D eigenvalue weighted by Crippen LogP contribution is -2.33. The zero-order chi connectivity index (χ0) is 18.9. The second-order valence-electron chi connectivity index (χ2n) is 6.38. The van der Waals surface area contributed by atoms with Crippen LogP contribution >= 0.6 is 0 Å². The Morgan fingerprint density at radius 2 is 1.85 bits per heavy atom. The molecule has 2 aromatic carbocycles. The largest absolute Gasteiger partial charge is 0.391 e. The average molecular weight is 354 g/mol. The van der Waals surface area contributed by atoms with Gasteiger partial charge in [0.2, 0.25) is 5.91 Å². The summed E-state index contributed by atoms with van der Waals surface area (Å²) in [5.41, 5.74) is 3.01. The minimum absolute atomic E-state index is 0.0635. The second kappa shape index (κ2) is 9.73. The molecule has 0 heterocycles. The molecule has 0 aliphatic carbocycles. The highest BCUT2D eigenvalue weighted by atomic mass is 16.3. The minimum Gasteiger partial charge on any atom is -0.391 e. The first-order valence-corrected chi connectivity index (χ1v) is 8.90. The summed E-state index contributed by atoms with van der Waals surface area (Å²) in [5.74, 6) is -0.338. The van der Waals surface area contributed by atoms with Crippen molar-refractivity contribution >= 4 is 17.5 Å². The van der Waals surface area contributed by atoms with Gasteiger partial charge in [-0.15, -0.1) is 0 Å². The quantitative estimate of drug-likeness (QED) is 0.682. The predicted molar refractivity (Wildman–Crippen MR) is 103 cm³/mol. The molecule has 0 fully saturated rings. The van der Waals surface area contributed by atoms with Crippen molar-refractivity contribution in [1.29, 1.82) is 0 Å². The molecule has 26 heavy (non-hydrogen) atoms. The van der Waals surface area contributed by atoms with Crippen LogP contribution in [0.4, 0.5) is 5.69 Å². The van der Waals surface area contributed by atoms with E-state index in [1.165, 1.54) is 0 Å². The highest BCUT2D eigenvalue weighted by Gasteiger charge is 2.12. The topological polar surface area (TPSA) is 78.4 Å². The van der Waals surface area contributed by atoms with Crippen LogP contribution in [-0.2, 0) is 11.2 Å². The monoisotopic (exact) mass is 354 g/mol. The number of aryl methyl sites for hydroxylation is 1. The molecule has 1 atom stereocenters. The predicted octanol–water partition coefficient (Wildman–Crippen LogP) is 3.07. The second-order valence-corrected chi connectivity index (χ2v) is 6.38. The molecule has 0 aliphatic heterocycles. The van der Waals surface area contributed by atoms with Gasteiger partial charge in [-0.05, 0) is 36.6 Å². The lowest BCUT2D eigenvalue weighted by Gasteiger charge is -2.13. The van der Waals surface area contributed by atoms with Gasteiger partial charge in [0.05, 0.1) is 6.10 Å². The molecule has 0 saturated carbocycles. The molecule has 0 radical (unpaired) electrons. The van der Waals surface area contributed by atoms with Crippen LogP contribution in [0.2, 0.25) is 0 Å². The number of carbonyl (C=O) groups excluding carboxylic acids is 2. The maximum atomic E-state index is 12.3. The van der Waals surface area contributed by atoms with Crippen molar-refractivity contribution in [3.63, 3.8) is 0 Å². The van der Waals surface area contributed by atoms with Crippen molar-refractivity contribution in [1.82, 2.24) is 5.32 Å². The molecule has 0 unspecified atom stereocenters. The third kappa shape index (κ3) is 6.01. The number of carbonyl (C=O) groups is 2. The molecule has 0 bridgehead atoms. The van der Waals surface area contributed by atoms with Gasteiger partial charge in [-0.1, -0.05) is 43.3 Å². The first kappa shape index (κ1) is 19.7. The average Bonchev–Trinajstić information content (AvgIpc) is 2.62. The van der Waals surface area contributed by atoms with Gasteiger partial charge in [-0.3, -0.25) is 9.59 Å². The lowest BCUT2D eigenvalue weighted by atomic mass is 10.1. The number of hydrogen-bond acceptors (Lipinski definition) is 3. The van der Waals surface area contributed by atoms with Crippen LogP contribution < -0.4 is 10.6 Å². The summed E-state index contributed by atoms with van der Waals surface area (Å²) >= 11 is 0. The van der Waals surface area contributed by atoms with Gasteiger partial charge >= 0.3 is 0 Å². The summed E-state index contributed by atoms with van der Waals surface area (Å²) in [6.45, 7) is 3.99. The summed E-state index contributed by atoms with van der Waals surface area (Å²) in [5, 5.41) is 15.7. The van der Waals surface area contributed by atoms with Crippen LogP contribution in [0, 0.1) is 6.92 Å². The Bertz CT molecular complexity index is 744. The Hall–Kier alpha value is -2.66. The van der Waals surface area contributed by atoms with Gasteiger partial charge in [0, 0.05) is 30.6 Å². The Morgan fingerprint density at radius 3 is 2.54 bits per heavy atom. The van der Waals surface area contributed by atoms with Crippen LogP contribution in [0.1, 0.15) is 41.3 Å². The number of anilines is 1. The molecule has 0 aromatic heterocycles. The summed E-state index contributed by atoms with van der Waals surface area (Å²) in [7, 11) is 0. The van der Waals surface area contributed by atoms with E-state index in [4.69, 9.17) is 0 Å². The van der Waals surface area contributed by atoms with E-state index in [0.29, 0.717) is 24.1 Å². The lowest BCUT2D eigenvalue weighted by molar-refractivity contribution is -0.116. The van der Waals surface area contributed by atoms with Gasteiger partial charge in [0.15, 0.2) is 0 Å². The van der Waals surface area contributed by atoms with Crippen molar-refractivity contribution in [2.24, 2.45) is 0 Å². The zero-order valence-corrected chi connectivity index (χ0v) is 15.3. The van der Waals surface area contributed by atoms with Crippen LogP contribution in [0.25, 0.3) is 0 Å². The Morgan fingerprint density at radius 1 is 1.12 bits per heavy atom. The highest BCUT2D eigenvalue weighted by Crippen LogP contribution is 2.17. The van der Waals surface area contributed by atoms with Crippen LogP contribution in [-0.4, -0.2) is 29.6 Å². The number of aliphatic hydroxyl groups excluding tert-OH is 1. The normalized spacial score (nSPS) is 11.7. The fourth-order valence-corrected chi connectivity index (χ4v) is 2.61. The summed E-state index contributed by atoms with van der Waals surface area (Å²) < 4.78 is 0. The smallest absolute Gasteiger partial charge is 0.251 e. The van der Waals surface area contributed by atoms with Crippen molar-refractivity contribution < 1.29 is 14.7 Å². The van der Waals surface area contributed by atoms with Crippen molar-refractivity contribution in [3.8, 4) is 0 Å². The summed E-state index contributed by atoms with van der Waals surface area (Å²) in [4.78, 5) is 24.1. The molecule has 0 aliphatic rings. The first-order valence-electron chi connectivity index (χ1n) is 8.90. The van der Waals surface area contributed by atoms with E-state index in [-0.39, 0.29) is 18.4 Å². The molecular weight excluding hydrogens is 328 g/mol. The van der Waals surface area contributed by atoms with E-state index in [2.05, 4.69) is 10.6 Å². The summed E-state index contributed by atoms with van der Waals surface area (Å²) in [6.07, 6.45) is 1.04. The molecule has 3 N–H and O–H groups in total. The number of rotatable bonds is 8. The van der Waals surface area contributed by atoms with Crippen molar-refractivity contribution in [2.75, 3.05) is 11.9 Å². The molecule has 138 valence electrons. The Labute approximate surface area is 154 Å². The number of aliphatic hydroxyl groups is 1. The minimum atomic E-state index is -0.657. The molecule has 2 aromatic rings. The fourth-order valence-electron chi connectivity index (χ4n) is 2.61. The maximum absolute atomic E-state index is 12.3. The van der Waals surface area contributed by atoms with Crippen LogP contribution in [0.3, 0.4) is 0 Å².